The second kappa shape index (κ2) is 4.70. The molecule has 1 N–H and O–H groups in total. The first-order valence-corrected chi connectivity index (χ1v) is 4.63. The average molecular weight is 176 g/mol. The minimum atomic E-state index is 0.330. The van der Waals surface area contributed by atoms with Gasteiger partial charge >= 0.3 is 0 Å². The van der Waals surface area contributed by atoms with E-state index >= 15 is 0 Å². The molecule has 13 heavy (non-hydrogen) atoms. The molecule has 1 aromatic rings. The van der Waals surface area contributed by atoms with E-state index in [9.17, 15) is 0 Å². The van der Waals surface area contributed by atoms with E-state index in [0.29, 0.717) is 11.7 Å². The van der Waals surface area contributed by atoms with E-state index in [0.717, 1.165) is 6.42 Å². The standard InChI is InChI=1S/C12H16O/c1-10(2)4-3-5-11-6-8-12(13)9-7-11/h3-4,6-10,13H,5H2,1-2H3/b4-3+. The topological polar surface area (TPSA) is 20.2 Å². The lowest BCUT2D eigenvalue weighted by atomic mass is 10.1. The summed E-state index contributed by atoms with van der Waals surface area (Å²) < 4.78 is 0. The molecule has 70 valence electrons. The molecule has 0 aliphatic rings. The molecule has 0 saturated heterocycles. The van der Waals surface area contributed by atoms with Gasteiger partial charge < -0.3 is 5.11 Å². The lowest BCUT2D eigenvalue weighted by Gasteiger charge is -1.97. The first kappa shape index (κ1) is 9.85. The summed E-state index contributed by atoms with van der Waals surface area (Å²) in [6.07, 6.45) is 5.29. The SMILES string of the molecule is CC(C)/C=C/Cc1ccc(O)cc1. The van der Waals surface area contributed by atoms with Gasteiger partial charge in [-0.05, 0) is 30.0 Å². The van der Waals surface area contributed by atoms with Crippen LogP contribution in [-0.2, 0) is 6.42 Å². The Bertz CT molecular complexity index is 270. The third-order valence-electron chi connectivity index (χ3n) is 1.81. The summed E-state index contributed by atoms with van der Waals surface area (Å²) in [5.41, 5.74) is 1.23. The van der Waals surface area contributed by atoms with Crippen molar-refractivity contribution in [2.45, 2.75) is 20.3 Å². The summed E-state index contributed by atoms with van der Waals surface area (Å²) in [6, 6.07) is 7.33. The molecule has 0 radical (unpaired) electrons. The average Bonchev–Trinajstić information content (AvgIpc) is 2.08. The Kier molecular flexibility index (Phi) is 3.56. The normalized spacial score (nSPS) is 11.3. The highest BCUT2D eigenvalue weighted by molar-refractivity contribution is 5.27. The number of hydrogen-bond acceptors (Lipinski definition) is 1. The predicted octanol–water partition coefficient (Wildman–Crippen LogP) is 3.15. The number of allylic oxidation sites excluding steroid dienone is 2. The van der Waals surface area contributed by atoms with Crippen LogP contribution < -0.4 is 0 Å². The van der Waals surface area contributed by atoms with E-state index in [2.05, 4.69) is 26.0 Å². The van der Waals surface area contributed by atoms with E-state index in [1.165, 1.54) is 5.56 Å². The monoisotopic (exact) mass is 176 g/mol. The smallest absolute Gasteiger partial charge is 0.115 e. The van der Waals surface area contributed by atoms with Crippen LogP contribution in [0.15, 0.2) is 36.4 Å². The van der Waals surface area contributed by atoms with E-state index in [4.69, 9.17) is 5.11 Å². The largest absolute Gasteiger partial charge is 0.508 e. The fraction of sp³-hybridized carbons (Fsp3) is 0.333. The van der Waals surface area contributed by atoms with Crippen molar-refractivity contribution in [1.82, 2.24) is 0 Å². The van der Waals surface area contributed by atoms with Crippen molar-refractivity contribution < 1.29 is 5.11 Å². The number of benzene rings is 1. The highest BCUT2D eigenvalue weighted by Gasteiger charge is 1.90. The predicted molar refractivity (Wildman–Crippen MR) is 55.8 cm³/mol. The second-order valence-corrected chi connectivity index (χ2v) is 3.54. The molecule has 1 rings (SSSR count). The van der Waals surface area contributed by atoms with Crippen LogP contribution in [0, 0.1) is 5.92 Å². The Balaban J connectivity index is 2.50. The second-order valence-electron chi connectivity index (χ2n) is 3.54. The quantitative estimate of drug-likeness (QED) is 0.701. The molecule has 0 fully saturated rings. The molecule has 0 aliphatic heterocycles. The van der Waals surface area contributed by atoms with Gasteiger partial charge in [-0.15, -0.1) is 0 Å². The Morgan fingerprint density at radius 1 is 1.23 bits per heavy atom. The highest BCUT2D eigenvalue weighted by atomic mass is 16.3. The van der Waals surface area contributed by atoms with Gasteiger partial charge in [-0.2, -0.15) is 0 Å². The van der Waals surface area contributed by atoms with E-state index in [1.54, 1.807) is 12.1 Å². The summed E-state index contributed by atoms with van der Waals surface area (Å²) in [5.74, 6) is 0.939. The van der Waals surface area contributed by atoms with Crippen LogP contribution in [0.5, 0.6) is 5.75 Å². The molecule has 0 saturated carbocycles. The number of rotatable bonds is 3. The Hall–Kier alpha value is -1.24. The lowest BCUT2D eigenvalue weighted by Crippen LogP contribution is -1.82. The summed E-state index contributed by atoms with van der Waals surface area (Å²) in [7, 11) is 0. The first-order valence-electron chi connectivity index (χ1n) is 4.63. The van der Waals surface area contributed by atoms with Crippen molar-refractivity contribution >= 4 is 0 Å². The first-order chi connectivity index (χ1) is 6.18. The van der Waals surface area contributed by atoms with Gasteiger partial charge in [0.25, 0.3) is 0 Å². The fourth-order valence-electron chi connectivity index (χ4n) is 1.11. The van der Waals surface area contributed by atoms with Crippen molar-refractivity contribution in [1.29, 1.82) is 0 Å². The molecule has 0 aliphatic carbocycles. The number of hydrogen-bond donors (Lipinski definition) is 1. The molecule has 1 aromatic carbocycles. The Morgan fingerprint density at radius 3 is 2.38 bits per heavy atom. The summed E-state index contributed by atoms with van der Waals surface area (Å²) >= 11 is 0. The van der Waals surface area contributed by atoms with Crippen LogP contribution in [0.3, 0.4) is 0 Å². The zero-order valence-electron chi connectivity index (χ0n) is 8.20. The van der Waals surface area contributed by atoms with Crippen LogP contribution in [0.2, 0.25) is 0 Å². The van der Waals surface area contributed by atoms with Crippen LogP contribution in [0.4, 0.5) is 0 Å². The fourth-order valence-corrected chi connectivity index (χ4v) is 1.11. The molecular weight excluding hydrogens is 160 g/mol. The van der Waals surface area contributed by atoms with E-state index in [1.807, 2.05) is 12.1 Å². The molecule has 0 heterocycles. The van der Waals surface area contributed by atoms with Gasteiger partial charge in [-0.1, -0.05) is 38.1 Å². The van der Waals surface area contributed by atoms with Gasteiger partial charge in [0.2, 0.25) is 0 Å². The van der Waals surface area contributed by atoms with Crippen LogP contribution >= 0.6 is 0 Å². The third kappa shape index (κ3) is 3.79. The molecule has 0 atom stereocenters. The Labute approximate surface area is 79.7 Å². The summed E-state index contributed by atoms with van der Waals surface area (Å²) in [4.78, 5) is 0. The number of phenols is 1. The minimum Gasteiger partial charge on any atom is -0.508 e. The molecular formula is C12H16O. The zero-order chi connectivity index (χ0) is 9.68. The number of aromatic hydroxyl groups is 1. The van der Waals surface area contributed by atoms with Gasteiger partial charge in [0.05, 0.1) is 0 Å². The van der Waals surface area contributed by atoms with Crippen LogP contribution in [0.25, 0.3) is 0 Å². The van der Waals surface area contributed by atoms with Crippen molar-refractivity contribution in [3.8, 4) is 5.75 Å². The molecule has 0 bridgehead atoms. The summed E-state index contributed by atoms with van der Waals surface area (Å²) in [6.45, 7) is 4.32. The molecule has 0 unspecified atom stereocenters. The van der Waals surface area contributed by atoms with Crippen LogP contribution in [0.1, 0.15) is 19.4 Å². The summed E-state index contributed by atoms with van der Waals surface area (Å²) in [5, 5.41) is 9.05. The van der Waals surface area contributed by atoms with Crippen molar-refractivity contribution in [2.24, 2.45) is 5.92 Å². The van der Waals surface area contributed by atoms with Gasteiger partial charge in [-0.3, -0.25) is 0 Å². The molecule has 0 aromatic heterocycles. The lowest BCUT2D eigenvalue weighted by molar-refractivity contribution is 0.475. The Morgan fingerprint density at radius 2 is 1.85 bits per heavy atom. The van der Waals surface area contributed by atoms with Crippen molar-refractivity contribution in [3.05, 3.63) is 42.0 Å². The molecule has 0 amide bonds. The maximum Gasteiger partial charge on any atom is 0.115 e. The van der Waals surface area contributed by atoms with Gasteiger partial charge in [0.1, 0.15) is 5.75 Å². The minimum absolute atomic E-state index is 0.330. The van der Waals surface area contributed by atoms with Gasteiger partial charge in [0, 0.05) is 0 Å². The molecule has 1 nitrogen and oxygen atoms in total. The van der Waals surface area contributed by atoms with Crippen molar-refractivity contribution in [2.75, 3.05) is 0 Å². The van der Waals surface area contributed by atoms with Gasteiger partial charge in [0.15, 0.2) is 0 Å². The maximum atomic E-state index is 9.05. The van der Waals surface area contributed by atoms with Crippen LogP contribution in [-0.4, -0.2) is 5.11 Å². The third-order valence-corrected chi connectivity index (χ3v) is 1.81. The molecule has 1 heteroatoms. The highest BCUT2D eigenvalue weighted by Crippen LogP contribution is 2.10. The maximum absolute atomic E-state index is 9.05. The number of phenolic OH excluding ortho intramolecular Hbond substituents is 1. The zero-order valence-corrected chi connectivity index (χ0v) is 8.20. The van der Waals surface area contributed by atoms with Gasteiger partial charge in [-0.25, -0.2) is 0 Å². The molecule has 0 spiro atoms. The van der Waals surface area contributed by atoms with E-state index in [-0.39, 0.29) is 0 Å². The van der Waals surface area contributed by atoms with Crippen molar-refractivity contribution in [3.63, 3.8) is 0 Å². The van der Waals surface area contributed by atoms with E-state index < -0.39 is 0 Å².